The molecule has 0 saturated heterocycles. The Kier molecular flexibility index (Phi) is 4.81. The minimum absolute atomic E-state index is 0.0382. The smallest absolute Gasteiger partial charge is 0.387 e. The average molecular weight is 492 g/mol. The number of carbonyl (C=O) groups is 1. The van der Waals surface area contributed by atoms with Crippen LogP contribution in [-0.4, -0.2) is 27.2 Å². The van der Waals surface area contributed by atoms with E-state index in [-0.39, 0.29) is 23.4 Å². The van der Waals surface area contributed by atoms with Gasteiger partial charge in [-0.05, 0) is 56.2 Å². The number of fused-ring (bicyclic) bond motifs is 9. The van der Waals surface area contributed by atoms with E-state index in [4.69, 9.17) is 9.72 Å². The van der Waals surface area contributed by atoms with Crippen molar-refractivity contribution in [2.75, 3.05) is 0 Å². The fraction of sp³-hybridized carbons (Fsp3) is 0.269. The van der Waals surface area contributed by atoms with Crippen LogP contribution in [0.1, 0.15) is 59.8 Å². The third kappa shape index (κ3) is 3.40. The Hall–Kier alpha value is -4.05. The highest BCUT2D eigenvalue weighted by molar-refractivity contribution is 5.98. The molecule has 0 fully saturated rings. The third-order valence-corrected chi connectivity index (χ3v) is 6.84. The largest absolute Gasteiger partial charge is 0.618 e. The second-order valence-electron chi connectivity index (χ2n) is 9.60. The van der Waals surface area contributed by atoms with Gasteiger partial charge in [-0.15, -0.1) is 0 Å². The van der Waals surface area contributed by atoms with Crippen molar-refractivity contribution >= 4 is 16.9 Å². The fourth-order valence-electron chi connectivity index (χ4n) is 5.31. The van der Waals surface area contributed by atoms with Gasteiger partial charge < -0.3 is 24.9 Å². The van der Waals surface area contributed by atoms with Crippen molar-refractivity contribution < 1.29 is 28.1 Å². The number of aliphatic hydroxyl groups is 1. The molecule has 8 nitrogen and oxygen atoms in total. The topological polar surface area (TPSA) is 103 Å². The van der Waals surface area contributed by atoms with Crippen LogP contribution >= 0.6 is 0 Å². The molecule has 4 heterocycles. The molecular weight excluding hydrogens is 470 g/mol. The molecule has 0 aliphatic carbocycles. The summed E-state index contributed by atoms with van der Waals surface area (Å²) in [5.41, 5.74) is 2.43. The quantitative estimate of drug-likeness (QED) is 0.332. The van der Waals surface area contributed by atoms with Crippen LogP contribution in [0.4, 0.5) is 8.78 Å². The molecule has 4 aromatic rings. The number of rotatable bonds is 4. The van der Waals surface area contributed by atoms with Crippen molar-refractivity contribution in [1.82, 2.24) is 14.9 Å². The molecule has 36 heavy (non-hydrogen) atoms. The molecule has 2 bridgehead atoms. The number of carbonyl (C=O) groups excluding carboxylic acids is 1. The predicted octanol–water partition coefficient (Wildman–Crippen LogP) is 3.94. The van der Waals surface area contributed by atoms with E-state index in [1.807, 2.05) is 22.8 Å². The van der Waals surface area contributed by atoms with Crippen molar-refractivity contribution in [3.05, 3.63) is 82.6 Å². The molecule has 0 unspecified atom stereocenters. The second kappa shape index (κ2) is 7.72. The summed E-state index contributed by atoms with van der Waals surface area (Å²) < 4.78 is 33.8. The summed E-state index contributed by atoms with van der Waals surface area (Å²) in [7, 11) is 0. The van der Waals surface area contributed by atoms with E-state index in [9.17, 15) is 23.9 Å². The van der Waals surface area contributed by atoms with E-state index >= 15 is 0 Å². The lowest BCUT2D eigenvalue weighted by molar-refractivity contribution is -0.621. The Bertz CT molecular complexity index is 1540. The number of alkyl halides is 2. The number of nitrogens with one attached hydrogen (secondary N) is 1. The second-order valence-corrected chi connectivity index (χ2v) is 9.60. The summed E-state index contributed by atoms with van der Waals surface area (Å²) >= 11 is 0. The number of ether oxygens (including phenoxy) is 1. The number of hydrogen-bond acceptors (Lipinski definition) is 5. The predicted molar refractivity (Wildman–Crippen MR) is 125 cm³/mol. The van der Waals surface area contributed by atoms with Crippen molar-refractivity contribution in [1.29, 1.82) is 0 Å². The SMILES string of the molecule is CC(C)(O)c1ccc(-c2ccc3nc4n(c3c2)[C@@H]2C[C@H]4NC(=O)c3cccc(OC(F)F)c32)c[n+]1[O-]. The van der Waals surface area contributed by atoms with Crippen LogP contribution in [0.2, 0.25) is 0 Å². The minimum atomic E-state index is -3.03. The third-order valence-electron chi connectivity index (χ3n) is 6.84. The Morgan fingerprint density at radius 1 is 1.22 bits per heavy atom. The highest BCUT2D eigenvalue weighted by Crippen LogP contribution is 2.47. The zero-order valence-corrected chi connectivity index (χ0v) is 19.4. The normalized spacial score (nSPS) is 18.7. The van der Waals surface area contributed by atoms with Gasteiger partial charge in [0.15, 0.2) is 6.20 Å². The number of hydrogen-bond donors (Lipinski definition) is 2. The van der Waals surface area contributed by atoms with Gasteiger partial charge in [0.25, 0.3) is 5.91 Å². The van der Waals surface area contributed by atoms with Crippen LogP contribution in [0.3, 0.4) is 0 Å². The van der Waals surface area contributed by atoms with Crippen molar-refractivity contribution in [3.8, 4) is 16.9 Å². The number of imidazole rings is 1. The molecule has 0 radical (unpaired) electrons. The lowest BCUT2D eigenvalue weighted by atomic mass is 9.97. The Balaban J connectivity index is 1.51. The number of benzene rings is 2. The zero-order valence-electron chi connectivity index (χ0n) is 19.4. The first-order valence-electron chi connectivity index (χ1n) is 11.5. The van der Waals surface area contributed by atoms with Gasteiger partial charge in [-0.25, -0.2) is 4.98 Å². The monoisotopic (exact) mass is 492 g/mol. The summed E-state index contributed by atoms with van der Waals surface area (Å²) in [6, 6.07) is 12.6. The van der Waals surface area contributed by atoms with E-state index < -0.39 is 18.3 Å². The van der Waals surface area contributed by atoms with Crippen LogP contribution in [0.5, 0.6) is 5.75 Å². The van der Waals surface area contributed by atoms with Gasteiger partial charge in [0, 0.05) is 22.8 Å². The standard InChI is InChI=1S/C26H22F2N4O4/c1-26(2,34)21-9-7-14(12-31(21)35)13-6-8-16-18(10-13)32-19-11-17(23(32)29-16)30-24(33)15-4-3-5-20(22(15)19)36-25(27)28/h3-10,12,17,19,25,34H,11H2,1-2H3,(H,30,33)/t17-,19-/m1/s1. The number of pyridine rings is 1. The van der Waals surface area contributed by atoms with Gasteiger partial charge in [-0.2, -0.15) is 13.5 Å². The number of aromatic nitrogens is 3. The molecule has 2 aromatic heterocycles. The van der Waals surface area contributed by atoms with Crippen LogP contribution in [-0.2, 0) is 5.60 Å². The lowest BCUT2D eigenvalue weighted by Gasteiger charge is -2.21. The maximum absolute atomic E-state index is 13.2. The lowest BCUT2D eigenvalue weighted by Crippen LogP contribution is -2.39. The summed E-state index contributed by atoms with van der Waals surface area (Å²) in [5, 5.41) is 25.7. The van der Waals surface area contributed by atoms with Gasteiger partial charge in [0.05, 0.1) is 23.1 Å². The van der Waals surface area contributed by atoms with E-state index in [1.165, 1.54) is 18.3 Å². The van der Waals surface area contributed by atoms with Gasteiger partial charge in [0.1, 0.15) is 17.2 Å². The molecule has 0 spiro atoms. The molecule has 2 N–H and O–H groups in total. The molecule has 184 valence electrons. The molecular formula is C26H22F2N4O4. The molecule has 2 atom stereocenters. The molecule has 0 saturated carbocycles. The van der Waals surface area contributed by atoms with E-state index in [2.05, 4.69) is 5.32 Å². The highest BCUT2D eigenvalue weighted by Gasteiger charge is 2.42. The van der Waals surface area contributed by atoms with Crippen molar-refractivity contribution in [2.24, 2.45) is 0 Å². The number of nitrogens with zero attached hydrogens (tertiary/aromatic N) is 3. The maximum Gasteiger partial charge on any atom is 0.387 e. The maximum atomic E-state index is 13.2. The Morgan fingerprint density at radius 2 is 2.00 bits per heavy atom. The average Bonchev–Trinajstić information content (AvgIpc) is 3.30. The summed E-state index contributed by atoms with van der Waals surface area (Å²) in [6.45, 7) is 0.0546. The van der Waals surface area contributed by atoms with Gasteiger partial charge in [-0.1, -0.05) is 12.1 Å². The summed E-state index contributed by atoms with van der Waals surface area (Å²) in [5.74, 6) is 0.237. The molecule has 2 aliphatic heterocycles. The Morgan fingerprint density at radius 3 is 2.72 bits per heavy atom. The first kappa shape index (κ1) is 22.4. The first-order chi connectivity index (χ1) is 17.1. The summed E-state index contributed by atoms with van der Waals surface area (Å²) in [4.78, 5) is 17.6. The molecule has 1 amide bonds. The highest BCUT2D eigenvalue weighted by atomic mass is 19.3. The van der Waals surface area contributed by atoms with E-state index in [0.29, 0.717) is 39.2 Å². The van der Waals surface area contributed by atoms with Crippen molar-refractivity contribution in [2.45, 2.75) is 44.6 Å². The van der Waals surface area contributed by atoms with Crippen LogP contribution in [0.15, 0.2) is 54.7 Å². The number of halogens is 2. The minimum Gasteiger partial charge on any atom is -0.618 e. The summed E-state index contributed by atoms with van der Waals surface area (Å²) in [6.07, 6.45) is 1.86. The van der Waals surface area contributed by atoms with Gasteiger partial charge in [-0.3, -0.25) is 4.79 Å². The van der Waals surface area contributed by atoms with Crippen LogP contribution in [0, 0.1) is 5.21 Å². The zero-order chi connectivity index (χ0) is 25.4. The number of amides is 1. The molecule has 6 rings (SSSR count). The Labute approximate surface area is 204 Å². The fourth-order valence-corrected chi connectivity index (χ4v) is 5.31. The van der Waals surface area contributed by atoms with Gasteiger partial charge >= 0.3 is 6.61 Å². The molecule has 2 aliphatic rings. The van der Waals surface area contributed by atoms with Crippen LogP contribution in [0.25, 0.3) is 22.2 Å². The first-order valence-corrected chi connectivity index (χ1v) is 11.5. The molecule has 10 heteroatoms. The van der Waals surface area contributed by atoms with E-state index in [1.54, 1.807) is 32.0 Å². The van der Waals surface area contributed by atoms with Crippen molar-refractivity contribution in [3.63, 3.8) is 0 Å². The van der Waals surface area contributed by atoms with Crippen LogP contribution < -0.4 is 14.8 Å². The van der Waals surface area contributed by atoms with E-state index in [0.717, 1.165) is 11.1 Å². The van der Waals surface area contributed by atoms with Gasteiger partial charge in [0.2, 0.25) is 5.69 Å². The molecule has 2 aromatic carbocycles.